The minimum absolute atomic E-state index is 0.141. The number of piperidine rings is 1. The van der Waals surface area contributed by atoms with Crippen LogP contribution in [0.4, 0.5) is 5.69 Å². The molecule has 0 radical (unpaired) electrons. The van der Waals surface area contributed by atoms with E-state index in [9.17, 15) is 5.11 Å². The number of halogens is 1. The average molecular weight is 414 g/mol. The van der Waals surface area contributed by atoms with E-state index < -0.39 is 0 Å². The predicted molar refractivity (Wildman–Crippen MR) is 115 cm³/mol. The maximum atomic E-state index is 9.39. The van der Waals surface area contributed by atoms with E-state index in [0.717, 1.165) is 65.7 Å². The normalized spacial score (nSPS) is 30.1. The number of nitrogens with one attached hydrogen (secondary N) is 2. The van der Waals surface area contributed by atoms with Gasteiger partial charge in [-0.15, -0.1) is 0 Å². The molecule has 1 saturated heterocycles. The smallest absolute Gasteiger partial charge is 0.142 e. The zero-order valence-corrected chi connectivity index (χ0v) is 17.4. The van der Waals surface area contributed by atoms with Crippen molar-refractivity contribution in [3.63, 3.8) is 0 Å². The van der Waals surface area contributed by atoms with Gasteiger partial charge in [0, 0.05) is 30.6 Å². The number of likely N-dealkylation sites (tertiary alicyclic amines) is 1. The molecule has 2 aromatic rings. The molecule has 2 aliphatic carbocycles. The summed E-state index contributed by atoms with van der Waals surface area (Å²) in [6.45, 7) is 7.45. The minimum Gasteiger partial charge on any atom is -0.459 e. The second kappa shape index (κ2) is 6.40. The predicted octanol–water partition coefficient (Wildman–Crippen LogP) is 4.40. The van der Waals surface area contributed by atoms with Crippen LogP contribution in [0.3, 0.4) is 0 Å². The lowest BCUT2D eigenvalue weighted by atomic mass is 9.74. The molecule has 1 aromatic heterocycles. The fraction of sp³-hybridized carbons (Fsp3) is 0.565. The molecular formula is C23H28ClN3O2. The molecule has 6 rings (SSSR count). The molecule has 1 aromatic carbocycles. The molecule has 6 heteroatoms. The van der Waals surface area contributed by atoms with Gasteiger partial charge in [0.15, 0.2) is 0 Å². The molecule has 0 amide bonds. The van der Waals surface area contributed by atoms with Crippen LogP contribution in [0.15, 0.2) is 28.9 Å². The molecule has 3 N–H and O–H groups in total. The van der Waals surface area contributed by atoms with Crippen LogP contribution in [0.2, 0.25) is 5.02 Å². The number of rotatable bonds is 3. The van der Waals surface area contributed by atoms with Gasteiger partial charge in [0.25, 0.3) is 0 Å². The van der Waals surface area contributed by atoms with Gasteiger partial charge in [-0.1, -0.05) is 37.4 Å². The first kappa shape index (κ1) is 18.1. The number of anilines is 1. The Labute approximate surface area is 176 Å². The first-order valence-corrected chi connectivity index (χ1v) is 11.3. The van der Waals surface area contributed by atoms with Crippen molar-refractivity contribution in [3.8, 4) is 0 Å². The largest absolute Gasteiger partial charge is 0.459 e. The number of fused-ring (bicyclic) bond motifs is 5. The summed E-state index contributed by atoms with van der Waals surface area (Å²) in [5.74, 6) is 3.71. The van der Waals surface area contributed by atoms with Gasteiger partial charge < -0.3 is 20.2 Å². The molecule has 2 saturated carbocycles. The Bertz CT molecular complexity index is 982. The molecule has 0 bridgehead atoms. The molecule has 154 valence electrons. The molecule has 3 fully saturated rings. The summed E-state index contributed by atoms with van der Waals surface area (Å²) in [7, 11) is 0. The highest BCUT2D eigenvalue weighted by molar-refractivity contribution is 6.34. The van der Waals surface area contributed by atoms with Gasteiger partial charge in [0.05, 0.1) is 28.6 Å². The van der Waals surface area contributed by atoms with E-state index in [2.05, 4.69) is 28.2 Å². The number of benzene rings is 1. The Morgan fingerprint density at radius 3 is 2.69 bits per heavy atom. The van der Waals surface area contributed by atoms with E-state index in [1.807, 2.05) is 6.07 Å². The van der Waals surface area contributed by atoms with Crippen LogP contribution in [-0.4, -0.2) is 29.7 Å². The second-order valence-corrected chi connectivity index (χ2v) is 9.89. The van der Waals surface area contributed by atoms with E-state index in [1.54, 1.807) is 0 Å². The van der Waals surface area contributed by atoms with Crippen LogP contribution < -0.4 is 10.6 Å². The first-order valence-electron chi connectivity index (χ1n) is 10.9. The van der Waals surface area contributed by atoms with Gasteiger partial charge in [0.1, 0.15) is 11.3 Å². The lowest BCUT2D eigenvalue weighted by molar-refractivity contribution is 0.210. The van der Waals surface area contributed by atoms with Gasteiger partial charge in [0.2, 0.25) is 0 Å². The maximum absolute atomic E-state index is 9.39. The van der Waals surface area contributed by atoms with Crippen molar-refractivity contribution in [2.75, 3.05) is 25.0 Å². The fourth-order valence-electron chi connectivity index (χ4n) is 6.28. The van der Waals surface area contributed by atoms with Gasteiger partial charge in [-0.2, -0.15) is 0 Å². The Kier molecular flexibility index (Phi) is 4.00. The van der Waals surface area contributed by atoms with Crippen LogP contribution in [-0.2, 0) is 12.1 Å². The van der Waals surface area contributed by atoms with Gasteiger partial charge in [-0.3, -0.25) is 4.90 Å². The SMILES string of the molecule is C=C1Nc2c(Cl)cc3cc(CN4C[C@@H]5[C@@H](CO)[C@@H]5C4)oc3c2C2(CCCCC2)N1. The zero-order valence-electron chi connectivity index (χ0n) is 16.6. The Morgan fingerprint density at radius 2 is 1.97 bits per heavy atom. The number of aliphatic hydroxyl groups is 1. The minimum atomic E-state index is -0.141. The molecule has 3 atom stereocenters. The standard InChI is InChI=1S/C23H28ClN3O2/c1-13-25-21-19(24)8-14-7-15(9-27-10-16-17(11-27)18(16)12-28)29-22(14)20(21)23(26-13)5-3-2-4-6-23/h7-8,16-18,25-26,28H,1-6,9-12H2/t16-,17+,18+. The molecule has 0 unspecified atom stereocenters. The third-order valence-corrected chi connectivity index (χ3v) is 8.00. The lowest BCUT2D eigenvalue weighted by Gasteiger charge is -2.44. The molecule has 4 aliphatic rings. The summed E-state index contributed by atoms with van der Waals surface area (Å²) in [6, 6.07) is 4.18. The highest BCUT2D eigenvalue weighted by atomic mass is 35.5. The molecular weight excluding hydrogens is 386 g/mol. The van der Waals surface area contributed by atoms with Crippen LogP contribution in [0.5, 0.6) is 0 Å². The molecule has 3 heterocycles. The molecule has 2 aliphatic heterocycles. The van der Waals surface area contributed by atoms with E-state index in [1.165, 1.54) is 24.8 Å². The summed E-state index contributed by atoms with van der Waals surface area (Å²) < 4.78 is 6.49. The highest BCUT2D eigenvalue weighted by Gasteiger charge is 2.55. The average Bonchev–Trinajstić information content (AvgIpc) is 2.99. The molecule has 1 spiro atoms. The third-order valence-electron chi connectivity index (χ3n) is 7.70. The summed E-state index contributed by atoms with van der Waals surface area (Å²) in [6.07, 6.45) is 5.82. The van der Waals surface area contributed by atoms with Crippen LogP contribution in [0, 0.1) is 17.8 Å². The van der Waals surface area contributed by atoms with Crippen molar-refractivity contribution in [1.29, 1.82) is 0 Å². The van der Waals surface area contributed by atoms with Crippen molar-refractivity contribution < 1.29 is 9.52 Å². The van der Waals surface area contributed by atoms with Crippen molar-refractivity contribution in [3.05, 3.63) is 40.9 Å². The topological polar surface area (TPSA) is 60.7 Å². The number of aliphatic hydroxyl groups excluding tert-OH is 1. The van der Waals surface area contributed by atoms with E-state index in [0.29, 0.717) is 24.4 Å². The van der Waals surface area contributed by atoms with Crippen LogP contribution >= 0.6 is 11.6 Å². The summed E-state index contributed by atoms with van der Waals surface area (Å²) in [5, 5.41) is 18.2. The highest BCUT2D eigenvalue weighted by Crippen LogP contribution is 2.52. The van der Waals surface area contributed by atoms with Crippen LogP contribution in [0.25, 0.3) is 11.0 Å². The van der Waals surface area contributed by atoms with E-state index >= 15 is 0 Å². The van der Waals surface area contributed by atoms with Crippen molar-refractivity contribution in [2.45, 2.75) is 44.2 Å². The van der Waals surface area contributed by atoms with Gasteiger partial charge >= 0.3 is 0 Å². The number of hydrogen-bond donors (Lipinski definition) is 3. The van der Waals surface area contributed by atoms with Gasteiger partial charge in [-0.05, 0) is 42.7 Å². The molecule has 29 heavy (non-hydrogen) atoms. The Balaban J connectivity index is 1.37. The summed E-state index contributed by atoms with van der Waals surface area (Å²) in [5.41, 5.74) is 2.96. The number of hydrogen-bond acceptors (Lipinski definition) is 5. The quantitative estimate of drug-likeness (QED) is 0.696. The monoisotopic (exact) mass is 413 g/mol. The molecule has 5 nitrogen and oxygen atoms in total. The van der Waals surface area contributed by atoms with Crippen molar-refractivity contribution in [2.24, 2.45) is 17.8 Å². The van der Waals surface area contributed by atoms with Crippen molar-refractivity contribution >= 4 is 28.3 Å². The Hall–Kier alpha value is -1.69. The lowest BCUT2D eigenvalue weighted by Crippen LogP contribution is -2.48. The number of nitrogens with zero attached hydrogens (tertiary/aromatic N) is 1. The first-order chi connectivity index (χ1) is 14.1. The zero-order chi connectivity index (χ0) is 19.8. The summed E-state index contributed by atoms with van der Waals surface area (Å²) in [4.78, 5) is 2.46. The number of furan rings is 1. The third kappa shape index (κ3) is 2.74. The summed E-state index contributed by atoms with van der Waals surface area (Å²) >= 11 is 6.72. The van der Waals surface area contributed by atoms with E-state index in [-0.39, 0.29) is 5.54 Å². The van der Waals surface area contributed by atoms with Gasteiger partial charge in [-0.25, -0.2) is 0 Å². The maximum Gasteiger partial charge on any atom is 0.142 e. The Morgan fingerprint density at radius 1 is 1.21 bits per heavy atom. The fourth-order valence-corrected chi connectivity index (χ4v) is 6.54. The van der Waals surface area contributed by atoms with E-state index in [4.69, 9.17) is 16.0 Å². The van der Waals surface area contributed by atoms with Crippen LogP contribution in [0.1, 0.15) is 43.4 Å². The van der Waals surface area contributed by atoms with Crippen molar-refractivity contribution in [1.82, 2.24) is 10.2 Å². The second-order valence-electron chi connectivity index (χ2n) is 9.48.